The Morgan fingerprint density at radius 3 is 2.73 bits per heavy atom. The molecule has 0 atom stereocenters. The number of nitrogens with one attached hydrogen (secondary N) is 1. The maximum atomic E-state index is 11.6. The van der Waals surface area contributed by atoms with Crippen molar-refractivity contribution in [3.63, 3.8) is 0 Å². The Morgan fingerprint density at radius 1 is 1.53 bits per heavy atom. The average Bonchev–Trinajstić information content (AvgIpc) is 3.10. The van der Waals surface area contributed by atoms with Crippen molar-refractivity contribution in [3.05, 3.63) is 30.1 Å². The number of hydrogen-bond acceptors (Lipinski definition) is 2. The van der Waals surface area contributed by atoms with Crippen molar-refractivity contribution in [2.75, 3.05) is 7.05 Å². The summed E-state index contributed by atoms with van der Waals surface area (Å²) in [5.74, 6) is 0. The zero-order valence-electron chi connectivity index (χ0n) is 8.81. The molecule has 2 rings (SSSR count). The van der Waals surface area contributed by atoms with Crippen molar-refractivity contribution in [2.24, 2.45) is 0 Å². The van der Waals surface area contributed by atoms with Crippen molar-refractivity contribution < 1.29 is 4.79 Å². The Morgan fingerprint density at radius 2 is 2.20 bits per heavy atom. The molecule has 4 heteroatoms. The second-order valence-electron chi connectivity index (χ2n) is 3.77. The van der Waals surface area contributed by atoms with Crippen LogP contribution in [-0.4, -0.2) is 29.0 Å². The fraction of sp³-hybridized carbons (Fsp3) is 0.455. The predicted molar refractivity (Wildman–Crippen MR) is 57.3 cm³/mol. The van der Waals surface area contributed by atoms with E-state index in [0.717, 1.165) is 18.4 Å². The van der Waals surface area contributed by atoms with Crippen LogP contribution in [0.1, 0.15) is 18.4 Å². The molecule has 0 aromatic carbocycles. The van der Waals surface area contributed by atoms with E-state index in [2.05, 4.69) is 10.3 Å². The Kier molecular flexibility index (Phi) is 2.85. The Balaban J connectivity index is 2.04. The van der Waals surface area contributed by atoms with E-state index in [1.165, 1.54) is 0 Å². The molecule has 1 aromatic rings. The molecule has 1 N–H and O–H groups in total. The molecule has 1 aromatic heterocycles. The van der Waals surface area contributed by atoms with Gasteiger partial charge in [-0.25, -0.2) is 4.79 Å². The summed E-state index contributed by atoms with van der Waals surface area (Å²) in [7, 11) is 1.67. The highest BCUT2D eigenvalue weighted by Gasteiger charge is 2.31. The summed E-state index contributed by atoms with van der Waals surface area (Å²) in [5, 5.41) is 2.68. The number of rotatable bonds is 3. The monoisotopic (exact) mass is 205 g/mol. The highest BCUT2D eigenvalue weighted by molar-refractivity contribution is 5.74. The normalized spacial score (nSPS) is 14.7. The second-order valence-corrected chi connectivity index (χ2v) is 3.77. The van der Waals surface area contributed by atoms with Crippen LogP contribution in [0.25, 0.3) is 0 Å². The molecule has 15 heavy (non-hydrogen) atoms. The van der Waals surface area contributed by atoms with E-state index in [-0.39, 0.29) is 6.03 Å². The lowest BCUT2D eigenvalue weighted by Gasteiger charge is -2.21. The smallest absolute Gasteiger partial charge is 0.317 e. The molecule has 1 aliphatic rings. The minimum Gasteiger partial charge on any atom is -0.341 e. The number of aromatic nitrogens is 1. The highest BCUT2D eigenvalue weighted by atomic mass is 16.2. The van der Waals surface area contributed by atoms with Crippen molar-refractivity contribution >= 4 is 6.03 Å². The molecular weight excluding hydrogens is 190 g/mol. The third-order valence-corrected chi connectivity index (χ3v) is 2.56. The summed E-state index contributed by atoms with van der Waals surface area (Å²) in [6, 6.07) is 4.32. The number of amides is 2. The van der Waals surface area contributed by atoms with Crippen molar-refractivity contribution in [1.82, 2.24) is 15.2 Å². The summed E-state index contributed by atoms with van der Waals surface area (Å²) < 4.78 is 0. The van der Waals surface area contributed by atoms with Crippen molar-refractivity contribution in [1.29, 1.82) is 0 Å². The van der Waals surface area contributed by atoms with E-state index in [1.807, 2.05) is 17.0 Å². The number of carbonyl (C=O) groups excluding carboxylic acids is 1. The van der Waals surface area contributed by atoms with Crippen LogP contribution in [0.2, 0.25) is 0 Å². The molecule has 0 unspecified atom stereocenters. The summed E-state index contributed by atoms with van der Waals surface area (Å²) in [6.07, 6.45) is 5.76. The number of pyridine rings is 1. The third kappa shape index (κ3) is 2.46. The van der Waals surface area contributed by atoms with Gasteiger partial charge in [0, 0.05) is 32.0 Å². The number of urea groups is 1. The SMILES string of the molecule is CNC(=O)N(Cc1ccncc1)C1CC1. The zero-order valence-corrected chi connectivity index (χ0v) is 8.81. The van der Waals surface area contributed by atoms with Gasteiger partial charge in [0.05, 0.1) is 0 Å². The fourth-order valence-corrected chi connectivity index (χ4v) is 1.58. The van der Waals surface area contributed by atoms with E-state index in [1.54, 1.807) is 19.4 Å². The molecule has 2 amide bonds. The van der Waals surface area contributed by atoms with Crippen molar-refractivity contribution in [3.8, 4) is 0 Å². The van der Waals surface area contributed by atoms with Gasteiger partial charge in [-0.2, -0.15) is 0 Å². The first kappa shape index (κ1) is 9.96. The quantitative estimate of drug-likeness (QED) is 0.810. The first-order valence-corrected chi connectivity index (χ1v) is 5.18. The first-order chi connectivity index (χ1) is 7.31. The van der Waals surface area contributed by atoms with Gasteiger partial charge in [0.25, 0.3) is 0 Å². The summed E-state index contributed by atoms with van der Waals surface area (Å²) >= 11 is 0. The molecule has 1 saturated carbocycles. The predicted octanol–water partition coefficient (Wildman–Crippen LogP) is 1.39. The number of carbonyl (C=O) groups is 1. The van der Waals surface area contributed by atoms with Gasteiger partial charge in [0.1, 0.15) is 0 Å². The summed E-state index contributed by atoms with van der Waals surface area (Å²) in [5.41, 5.74) is 1.13. The maximum Gasteiger partial charge on any atom is 0.317 e. The molecule has 0 radical (unpaired) electrons. The average molecular weight is 205 g/mol. The first-order valence-electron chi connectivity index (χ1n) is 5.18. The van der Waals surface area contributed by atoms with Crippen LogP contribution in [0.3, 0.4) is 0 Å². The number of hydrogen-bond donors (Lipinski definition) is 1. The second kappa shape index (κ2) is 4.29. The van der Waals surface area contributed by atoms with Gasteiger partial charge in [-0.1, -0.05) is 0 Å². The fourth-order valence-electron chi connectivity index (χ4n) is 1.58. The van der Waals surface area contributed by atoms with E-state index in [0.29, 0.717) is 12.6 Å². The van der Waals surface area contributed by atoms with E-state index in [4.69, 9.17) is 0 Å². The lowest BCUT2D eigenvalue weighted by atomic mass is 10.2. The highest BCUT2D eigenvalue weighted by Crippen LogP contribution is 2.28. The summed E-state index contributed by atoms with van der Waals surface area (Å²) in [4.78, 5) is 17.4. The minimum absolute atomic E-state index is 0.00862. The topological polar surface area (TPSA) is 45.2 Å². The van der Waals surface area contributed by atoms with E-state index in [9.17, 15) is 4.79 Å². The van der Waals surface area contributed by atoms with Crippen LogP contribution >= 0.6 is 0 Å². The largest absolute Gasteiger partial charge is 0.341 e. The van der Waals surface area contributed by atoms with Crippen LogP contribution in [0.4, 0.5) is 4.79 Å². The van der Waals surface area contributed by atoms with Crippen LogP contribution in [0.5, 0.6) is 0 Å². The van der Waals surface area contributed by atoms with E-state index >= 15 is 0 Å². The molecule has 1 aliphatic carbocycles. The Labute approximate surface area is 89.3 Å². The standard InChI is InChI=1S/C11H15N3O/c1-12-11(15)14(10-2-3-10)8-9-4-6-13-7-5-9/h4-7,10H,2-3,8H2,1H3,(H,12,15). The maximum absolute atomic E-state index is 11.6. The molecule has 4 nitrogen and oxygen atoms in total. The van der Waals surface area contributed by atoms with Crippen LogP contribution in [0.15, 0.2) is 24.5 Å². The van der Waals surface area contributed by atoms with Gasteiger partial charge in [-0.3, -0.25) is 4.98 Å². The molecule has 0 aliphatic heterocycles. The summed E-state index contributed by atoms with van der Waals surface area (Å²) in [6.45, 7) is 0.673. The molecule has 0 bridgehead atoms. The molecule has 0 saturated heterocycles. The van der Waals surface area contributed by atoms with Crippen LogP contribution in [-0.2, 0) is 6.54 Å². The number of nitrogens with zero attached hydrogens (tertiary/aromatic N) is 2. The molecule has 1 fully saturated rings. The van der Waals surface area contributed by atoms with Crippen molar-refractivity contribution in [2.45, 2.75) is 25.4 Å². The van der Waals surface area contributed by atoms with Gasteiger partial charge in [-0.05, 0) is 30.5 Å². The Bertz CT molecular complexity index is 335. The molecule has 0 spiro atoms. The molecular formula is C11H15N3O. The van der Waals surface area contributed by atoms with Gasteiger partial charge in [0.15, 0.2) is 0 Å². The Hall–Kier alpha value is -1.58. The minimum atomic E-state index is 0.00862. The van der Waals surface area contributed by atoms with E-state index < -0.39 is 0 Å². The molecule has 1 heterocycles. The third-order valence-electron chi connectivity index (χ3n) is 2.56. The lowest BCUT2D eigenvalue weighted by Crippen LogP contribution is -2.39. The lowest BCUT2D eigenvalue weighted by molar-refractivity contribution is 0.194. The van der Waals surface area contributed by atoms with Gasteiger partial charge < -0.3 is 10.2 Å². The van der Waals surface area contributed by atoms with Gasteiger partial charge >= 0.3 is 6.03 Å². The van der Waals surface area contributed by atoms with Gasteiger partial charge in [0.2, 0.25) is 0 Å². The van der Waals surface area contributed by atoms with Gasteiger partial charge in [-0.15, -0.1) is 0 Å². The van der Waals surface area contributed by atoms with Crippen LogP contribution in [0, 0.1) is 0 Å². The molecule has 80 valence electrons. The zero-order chi connectivity index (χ0) is 10.7. The van der Waals surface area contributed by atoms with Crippen LogP contribution < -0.4 is 5.32 Å².